The summed E-state index contributed by atoms with van der Waals surface area (Å²) in [6.45, 7) is 1.80. The molecule has 0 spiro atoms. The number of fused-ring (bicyclic) bond motifs is 2. The number of nitrogens with one attached hydrogen (secondary N) is 2. The van der Waals surface area contributed by atoms with E-state index in [9.17, 15) is 9.59 Å². The third kappa shape index (κ3) is 3.72. The second-order valence-corrected chi connectivity index (χ2v) is 6.94. The molecule has 2 N–H and O–H groups in total. The van der Waals surface area contributed by atoms with Gasteiger partial charge in [-0.2, -0.15) is 0 Å². The van der Waals surface area contributed by atoms with Crippen molar-refractivity contribution in [3.05, 3.63) is 59.4 Å². The van der Waals surface area contributed by atoms with Crippen molar-refractivity contribution >= 4 is 34.2 Å². The Morgan fingerprint density at radius 2 is 1.70 bits per heavy atom. The summed E-state index contributed by atoms with van der Waals surface area (Å²) in [6.07, 6.45) is 5.72. The molecule has 0 radical (unpaired) electrons. The maximum absolute atomic E-state index is 12.5. The monoisotopic (exact) mass is 362 g/mol. The van der Waals surface area contributed by atoms with Crippen molar-refractivity contribution < 1.29 is 14.0 Å². The predicted octanol–water partition coefficient (Wildman–Crippen LogP) is 4.45. The Kier molecular flexibility index (Phi) is 4.67. The van der Waals surface area contributed by atoms with Crippen LogP contribution in [-0.2, 0) is 28.9 Å². The van der Waals surface area contributed by atoms with E-state index in [1.807, 2.05) is 0 Å². The largest absolute Gasteiger partial charge is 0.464 e. The molecule has 138 valence electrons. The van der Waals surface area contributed by atoms with E-state index in [0.717, 1.165) is 29.4 Å². The Morgan fingerprint density at radius 3 is 2.44 bits per heavy atom. The van der Waals surface area contributed by atoms with Gasteiger partial charge in [0.2, 0.25) is 11.8 Å². The zero-order chi connectivity index (χ0) is 18.8. The fourth-order valence-corrected chi connectivity index (χ4v) is 3.59. The number of hydrogen-bond acceptors (Lipinski definition) is 3. The van der Waals surface area contributed by atoms with Crippen LogP contribution >= 0.6 is 0 Å². The van der Waals surface area contributed by atoms with Gasteiger partial charge in [0, 0.05) is 28.7 Å². The van der Waals surface area contributed by atoms with Crippen molar-refractivity contribution in [2.24, 2.45) is 0 Å². The molecular formula is C22H22N2O3. The van der Waals surface area contributed by atoms with E-state index in [1.165, 1.54) is 17.5 Å². The Bertz CT molecular complexity index is 1020. The fraction of sp³-hybridized carbons (Fsp3) is 0.273. The first-order valence-corrected chi connectivity index (χ1v) is 9.34. The van der Waals surface area contributed by atoms with Crippen LogP contribution in [0.15, 0.2) is 47.1 Å². The van der Waals surface area contributed by atoms with E-state index in [0.29, 0.717) is 17.8 Å². The maximum Gasteiger partial charge on any atom is 0.228 e. The van der Waals surface area contributed by atoms with Crippen molar-refractivity contribution in [1.82, 2.24) is 0 Å². The van der Waals surface area contributed by atoms with Gasteiger partial charge in [-0.25, -0.2) is 0 Å². The average molecular weight is 362 g/mol. The van der Waals surface area contributed by atoms with Crippen LogP contribution in [0.4, 0.5) is 11.4 Å². The lowest BCUT2D eigenvalue weighted by molar-refractivity contribution is -0.116. The number of anilines is 2. The molecule has 0 atom stereocenters. The standard InChI is InChI=1S/C22H22N2O3/c1-2-21(25)23-17-7-4-8-18(12-17)24-22(26)11-16-13-27-20-10-15-6-3-5-14(15)9-19(16)20/h4,7-10,12-13H,2-3,5-6,11H2,1H3,(H,23,25)(H,24,26). The van der Waals surface area contributed by atoms with Crippen molar-refractivity contribution in [3.63, 3.8) is 0 Å². The molecule has 3 aromatic rings. The number of carbonyl (C=O) groups is 2. The lowest BCUT2D eigenvalue weighted by atomic mass is 10.0. The van der Waals surface area contributed by atoms with Crippen LogP contribution < -0.4 is 10.6 Å². The molecule has 1 aliphatic rings. The van der Waals surface area contributed by atoms with Crippen LogP contribution in [0.1, 0.15) is 36.5 Å². The van der Waals surface area contributed by atoms with E-state index in [4.69, 9.17) is 4.42 Å². The molecule has 5 heteroatoms. The number of rotatable bonds is 5. The smallest absolute Gasteiger partial charge is 0.228 e. The van der Waals surface area contributed by atoms with Gasteiger partial charge in [0.1, 0.15) is 5.58 Å². The van der Waals surface area contributed by atoms with E-state index >= 15 is 0 Å². The van der Waals surface area contributed by atoms with Gasteiger partial charge in [-0.05, 0) is 60.7 Å². The van der Waals surface area contributed by atoms with Crippen molar-refractivity contribution in [3.8, 4) is 0 Å². The molecular weight excluding hydrogens is 340 g/mol. The highest BCUT2D eigenvalue weighted by Crippen LogP contribution is 2.30. The summed E-state index contributed by atoms with van der Waals surface area (Å²) in [5, 5.41) is 6.71. The van der Waals surface area contributed by atoms with Gasteiger partial charge >= 0.3 is 0 Å². The molecule has 1 heterocycles. The summed E-state index contributed by atoms with van der Waals surface area (Å²) < 4.78 is 5.67. The molecule has 0 fully saturated rings. The lowest BCUT2D eigenvalue weighted by Gasteiger charge is -2.08. The molecule has 2 amide bonds. The van der Waals surface area contributed by atoms with E-state index in [-0.39, 0.29) is 18.2 Å². The summed E-state index contributed by atoms with van der Waals surface area (Å²) in [5.74, 6) is -0.173. The van der Waals surface area contributed by atoms with Crippen molar-refractivity contribution in [1.29, 1.82) is 0 Å². The summed E-state index contributed by atoms with van der Waals surface area (Å²) in [6, 6.07) is 11.4. The van der Waals surface area contributed by atoms with E-state index in [1.54, 1.807) is 37.5 Å². The van der Waals surface area contributed by atoms with Crippen LogP contribution in [0, 0.1) is 0 Å². The Morgan fingerprint density at radius 1 is 1.00 bits per heavy atom. The molecule has 0 saturated heterocycles. The van der Waals surface area contributed by atoms with Crippen LogP contribution in [0.3, 0.4) is 0 Å². The summed E-state index contributed by atoms with van der Waals surface area (Å²) in [7, 11) is 0. The van der Waals surface area contributed by atoms with Gasteiger partial charge in [0.25, 0.3) is 0 Å². The average Bonchev–Trinajstić information content (AvgIpc) is 3.26. The molecule has 1 aromatic heterocycles. The molecule has 0 aliphatic heterocycles. The normalized spacial score (nSPS) is 12.8. The number of benzene rings is 2. The number of hydrogen-bond donors (Lipinski definition) is 2. The Hall–Kier alpha value is -3.08. The molecule has 0 unspecified atom stereocenters. The number of amides is 2. The summed E-state index contributed by atoms with van der Waals surface area (Å²) in [4.78, 5) is 24.0. The van der Waals surface area contributed by atoms with Gasteiger partial charge in [0.15, 0.2) is 0 Å². The SMILES string of the molecule is CCC(=O)Nc1cccc(NC(=O)Cc2coc3cc4c(cc23)CCC4)c1. The van der Waals surface area contributed by atoms with Gasteiger partial charge in [0.05, 0.1) is 12.7 Å². The van der Waals surface area contributed by atoms with Gasteiger partial charge < -0.3 is 15.1 Å². The topological polar surface area (TPSA) is 71.3 Å². The third-order valence-electron chi connectivity index (χ3n) is 4.97. The number of aryl methyl sites for hydroxylation is 2. The zero-order valence-electron chi connectivity index (χ0n) is 15.3. The lowest BCUT2D eigenvalue weighted by Crippen LogP contribution is -2.15. The second-order valence-electron chi connectivity index (χ2n) is 6.94. The molecule has 0 saturated carbocycles. The Balaban J connectivity index is 1.48. The second kappa shape index (κ2) is 7.27. The first kappa shape index (κ1) is 17.3. The first-order chi connectivity index (χ1) is 13.1. The predicted molar refractivity (Wildman–Crippen MR) is 106 cm³/mol. The zero-order valence-corrected chi connectivity index (χ0v) is 15.3. The van der Waals surface area contributed by atoms with Crippen LogP contribution in [0.25, 0.3) is 11.0 Å². The highest BCUT2D eigenvalue weighted by Gasteiger charge is 2.17. The van der Waals surface area contributed by atoms with Gasteiger partial charge in [-0.15, -0.1) is 0 Å². The van der Waals surface area contributed by atoms with Gasteiger partial charge in [-0.3, -0.25) is 9.59 Å². The van der Waals surface area contributed by atoms with Gasteiger partial charge in [-0.1, -0.05) is 13.0 Å². The first-order valence-electron chi connectivity index (χ1n) is 9.34. The Labute approximate surface area is 157 Å². The maximum atomic E-state index is 12.5. The van der Waals surface area contributed by atoms with E-state index in [2.05, 4.69) is 22.8 Å². The van der Waals surface area contributed by atoms with Crippen LogP contribution in [-0.4, -0.2) is 11.8 Å². The molecule has 0 bridgehead atoms. The minimum absolute atomic E-state index is 0.0594. The fourth-order valence-electron chi connectivity index (χ4n) is 3.59. The summed E-state index contributed by atoms with van der Waals surface area (Å²) >= 11 is 0. The van der Waals surface area contributed by atoms with Crippen LogP contribution in [0.5, 0.6) is 0 Å². The minimum atomic E-state index is -0.114. The van der Waals surface area contributed by atoms with Crippen molar-refractivity contribution in [2.75, 3.05) is 10.6 Å². The molecule has 27 heavy (non-hydrogen) atoms. The highest BCUT2D eigenvalue weighted by atomic mass is 16.3. The highest BCUT2D eigenvalue weighted by molar-refractivity contribution is 5.97. The quantitative estimate of drug-likeness (QED) is 0.704. The molecule has 1 aliphatic carbocycles. The van der Waals surface area contributed by atoms with Crippen molar-refractivity contribution in [2.45, 2.75) is 39.0 Å². The molecule has 5 nitrogen and oxygen atoms in total. The molecule has 2 aromatic carbocycles. The number of furan rings is 1. The minimum Gasteiger partial charge on any atom is -0.464 e. The van der Waals surface area contributed by atoms with Crippen LogP contribution in [0.2, 0.25) is 0 Å². The number of carbonyl (C=O) groups excluding carboxylic acids is 2. The third-order valence-corrected chi connectivity index (χ3v) is 4.97. The molecule has 4 rings (SSSR count). The van der Waals surface area contributed by atoms with E-state index < -0.39 is 0 Å². The summed E-state index contributed by atoms with van der Waals surface area (Å²) in [5.41, 5.74) is 5.80.